The minimum atomic E-state index is -0.166. The molecular weight excluding hydrogens is 408 g/mol. The molecule has 1 atom stereocenters. The van der Waals surface area contributed by atoms with Crippen molar-refractivity contribution < 1.29 is 14.3 Å². The Hall–Kier alpha value is -2.71. The van der Waals surface area contributed by atoms with Crippen LogP contribution in [-0.2, 0) is 27.2 Å². The lowest BCUT2D eigenvalue weighted by molar-refractivity contribution is -0.133. The highest BCUT2D eigenvalue weighted by atomic mass is 16.5. The first-order valence-corrected chi connectivity index (χ1v) is 11.5. The van der Waals surface area contributed by atoms with E-state index in [1.54, 1.807) is 0 Å². The number of carbonyl (C=O) groups is 1. The van der Waals surface area contributed by atoms with Crippen molar-refractivity contribution in [3.8, 4) is 0 Å². The van der Waals surface area contributed by atoms with Gasteiger partial charge in [0.1, 0.15) is 0 Å². The molecule has 3 heterocycles. The zero-order valence-electron chi connectivity index (χ0n) is 18.7. The molecule has 172 valence electrons. The smallest absolute Gasteiger partial charge is 0.255 e. The highest BCUT2D eigenvalue weighted by Crippen LogP contribution is 2.17. The van der Waals surface area contributed by atoms with Crippen LogP contribution < -0.4 is 10.5 Å². The van der Waals surface area contributed by atoms with Gasteiger partial charge in [0.2, 0.25) is 11.9 Å². The molecule has 1 aromatic carbocycles. The summed E-state index contributed by atoms with van der Waals surface area (Å²) in [5, 5.41) is 0. The predicted octanol–water partition coefficient (Wildman–Crippen LogP) is 2.06. The van der Waals surface area contributed by atoms with Crippen molar-refractivity contribution in [1.29, 1.82) is 0 Å². The average molecular weight is 441 g/mol. The van der Waals surface area contributed by atoms with Gasteiger partial charge in [-0.3, -0.25) is 14.6 Å². The SMILES string of the molecule is Cc1nc(N2CCOCC2)[nH]c(=O)c1CCC(=O)N(Cc1ccccc1)C[C@@H]1CCCO1. The fourth-order valence-corrected chi connectivity index (χ4v) is 4.30. The molecule has 1 amide bonds. The molecule has 8 heteroatoms. The van der Waals surface area contributed by atoms with Gasteiger partial charge in [-0.2, -0.15) is 0 Å². The number of amides is 1. The molecule has 1 N–H and O–H groups in total. The van der Waals surface area contributed by atoms with E-state index in [9.17, 15) is 9.59 Å². The number of aromatic amines is 1. The fourth-order valence-electron chi connectivity index (χ4n) is 4.30. The Bertz CT molecular complexity index is 950. The van der Waals surface area contributed by atoms with Crippen molar-refractivity contribution in [2.75, 3.05) is 44.4 Å². The van der Waals surface area contributed by atoms with Gasteiger partial charge in [-0.15, -0.1) is 0 Å². The van der Waals surface area contributed by atoms with Crippen molar-refractivity contribution >= 4 is 11.9 Å². The number of benzene rings is 1. The van der Waals surface area contributed by atoms with Crippen LogP contribution in [0.1, 0.15) is 36.1 Å². The van der Waals surface area contributed by atoms with Gasteiger partial charge in [-0.1, -0.05) is 30.3 Å². The van der Waals surface area contributed by atoms with Crippen LogP contribution in [0, 0.1) is 6.92 Å². The molecule has 2 saturated heterocycles. The number of carbonyl (C=O) groups excluding carboxylic acids is 1. The molecule has 2 aromatic rings. The molecule has 0 saturated carbocycles. The number of nitrogens with one attached hydrogen (secondary N) is 1. The Labute approximate surface area is 188 Å². The maximum atomic E-state index is 13.2. The van der Waals surface area contributed by atoms with E-state index in [0.717, 1.165) is 25.0 Å². The van der Waals surface area contributed by atoms with Gasteiger partial charge in [0, 0.05) is 50.5 Å². The Morgan fingerprint density at radius 2 is 2.00 bits per heavy atom. The number of nitrogens with zero attached hydrogens (tertiary/aromatic N) is 3. The summed E-state index contributed by atoms with van der Waals surface area (Å²) in [4.78, 5) is 37.3. The van der Waals surface area contributed by atoms with E-state index in [2.05, 4.69) is 9.97 Å². The minimum Gasteiger partial charge on any atom is -0.378 e. The van der Waals surface area contributed by atoms with Crippen LogP contribution in [-0.4, -0.2) is 66.3 Å². The van der Waals surface area contributed by atoms with Crippen molar-refractivity contribution in [3.63, 3.8) is 0 Å². The lowest BCUT2D eigenvalue weighted by Crippen LogP contribution is -2.39. The first-order valence-electron chi connectivity index (χ1n) is 11.5. The van der Waals surface area contributed by atoms with Gasteiger partial charge < -0.3 is 19.3 Å². The van der Waals surface area contributed by atoms with E-state index in [4.69, 9.17) is 9.47 Å². The normalized spacial score (nSPS) is 18.7. The molecule has 32 heavy (non-hydrogen) atoms. The Morgan fingerprint density at radius 3 is 2.69 bits per heavy atom. The summed E-state index contributed by atoms with van der Waals surface area (Å²) in [7, 11) is 0. The molecule has 4 rings (SSSR count). The number of rotatable bonds is 8. The second kappa shape index (κ2) is 10.7. The number of hydrogen-bond acceptors (Lipinski definition) is 6. The summed E-state index contributed by atoms with van der Waals surface area (Å²) in [6.45, 7) is 6.39. The number of H-pyrrole nitrogens is 1. The van der Waals surface area contributed by atoms with E-state index in [1.807, 2.05) is 47.1 Å². The third-order valence-electron chi connectivity index (χ3n) is 6.13. The van der Waals surface area contributed by atoms with Crippen LogP contribution >= 0.6 is 0 Å². The second-order valence-electron chi connectivity index (χ2n) is 8.45. The zero-order chi connectivity index (χ0) is 22.3. The maximum Gasteiger partial charge on any atom is 0.255 e. The largest absolute Gasteiger partial charge is 0.378 e. The monoisotopic (exact) mass is 440 g/mol. The molecule has 2 aliphatic heterocycles. The Kier molecular flexibility index (Phi) is 7.55. The Morgan fingerprint density at radius 1 is 1.22 bits per heavy atom. The quantitative estimate of drug-likeness (QED) is 0.676. The summed E-state index contributed by atoms with van der Waals surface area (Å²) in [6.07, 6.45) is 2.73. The van der Waals surface area contributed by atoms with Crippen LogP contribution in [0.25, 0.3) is 0 Å². The summed E-state index contributed by atoms with van der Waals surface area (Å²) < 4.78 is 11.1. The van der Waals surface area contributed by atoms with Crippen LogP contribution in [0.2, 0.25) is 0 Å². The summed E-state index contributed by atoms with van der Waals surface area (Å²) in [5.41, 5.74) is 2.17. The van der Waals surface area contributed by atoms with E-state index >= 15 is 0 Å². The van der Waals surface area contributed by atoms with Crippen LogP contribution in [0.3, 0.4) is 0 Å². The summed E-state index contributed by atoms with van der Waals surface area (Å²) in [5.74, 6) is 0.607. The topological polar surface area (TPSA) is 87.8 Å². The number of aromatic nitrogens is 2. The van der Waals surface area contributed by atoms with Gasteiger partial charge in [-0.05, 0) is 31.7 Å². The van der Waals surface area contributed by atoms with E-state index in [0.29, 0.717) is 63.0 Å². The molecule has 8 nitrogen and oxygen atoms in total. The molecule has 0 aliphatic carbocycles. The third-order valence-corrected chi connectivity index (χ3v) is 6.13. The van der Waals surface area contributed by atoms with E-state index < -0.39 is 0 Å². The lowest BCUT2D eigenvalue weighted by atomic mass is 10.1. The number of hydrogen-bond donors (Lipinski definition) is 1. The summed E-state index contributed by atoms with van der Waals surface area (Å²) in [6, 6.07) is 9.99. The highest BCUT2D eigenvalue weighted by molar-refractivity contribution is 5.76. The van der Waals surface area contributed by atoms with Gasteiger partial charge in [-0.25, -0.2) is 4.98 Å². The van der Waals surface area contributed by atoms with Crippen molar-refractivity contribution in [2.24, 2.45) is 0 Å². The van der Waals surface area contributed by atoms with E-state index in [1.165, 1.54) is 0 Å². The minimum absolute atomic E-state index is 0.0282. The van der Waals surface area contributed by atoms with Crippen LogP contribution in [0.4, 0.5) is 5.95 Å². The van der Waals surface area contributed by atoms with Gasteiger partial charge in [0.05, 0.1) is 19.3 Å². The first-order chi connectivity index (χ1) is 15.6. The second-order valence-corrected chi connectivity index (χ2v) is 8.45. The molecular formula is C24H32N4O4. The highest BCUT2D eigenvalue weighted by Gasteiger charge is 2.23. The molecule has 2 fully saturated rings. The third kappa shape index (κ3) is 5.75. The van der Waals surface area contributed by atoms with Crippen molar-refractivity contribution in [2.45, 2.75) is 45.3 Å². The molecule has 0 bridgehead atoms. The van der Waals surface area contributed by atoms with Crippen molar-refractivity contribution in [3.05, 3.63) is 57.5 Å². The number of aryl methyl sites for hydroxylation is 1. The molecule has 1 aromatic heterocycles. The molecule has 0 spiro atoms. The van der Waals surface area contributed by atoms with Crippen LogP contribution in [0.15, 0.2) is 35.1 Å². The number of ether oxygens (including phenoxy) is 2. The van der Waals surface area contributed by atoms with Gasteiger partial charge >= 0.3 is 0 Å². The lowest BCUT2D eigenvalue weighted by Gasteiger charge is -2.27. The number of morpholine rings is 1. The average Bonchev–Trinajstić information content (AvgIpc) is 3.32. The zero-order valence-corrected chi connectivity index (χ0v) is 18.7. The summed E-state index contributed by atoms with van der Waals surface area (Å²) >= 11 is 0. The van der Waals surface area contributed by atoms with Gasteiger partial charge in [0.15, 0.2) is 0 Å². The standard InChI is InChI=1S/C24H32N4O4/c1-18-21(23(30)26-24(25-18)27-11-14-31-15-12-27)9-10-22(29)28(17-20-8-5-13-32-20)16-19-6-3-2-4-7-19/h2-4,6-7,20H,5,8-17H2,1H3,(H,25,26,30)/t20-/m0/s1. The molecule has 0 unspecified atom stereocenters. The predicted molar refractivity (Wildman–Crippen MR) is 122 cm³/mol. The van der Waals surface area contributed by atoms with Gasteiger partial charge in [0.25, 0.3) is 5.56 Å². The number of anilines is 1. The maximum absolute atomic E-state index is 13.2. The van der Waals surface area contributed by atoms with Crippen LogP contribution in [0.5, 0.6) is 0 Å². The molecule has 2 aliphatic rings. The first kappa shape index (κ1) is 22.5. The van der Waals surface area contributed by atoms with E-state index in [-0.39, 0.29) is 24.0 Å². The molecule has 0 radical (unpaired) electrons. The fraction of sp³-hybridized carbons (Fsp3) is 0.542. The van der Waals surface area contributed by atoms with Crippen molar-refractivity contribution in [1.82, 2.24) is 14.9 Å². The Balaban J connectivity index is 1.43.